The van der Waals surface area contributed by atoms with Crippen LogP contribution in [0.5, 0.6) is 0 Å². The van der Waals surface area contributed by atoms with Gasteiger partial charge in [0.05, 0.1) is 11.6 Å². The lowest BCUT2D eigenvalue weighted by atomic mass is 9.92. The number of carbonyl (C=O) groups excluding carboxylic acids is 2. The molecule has 4 nitrogen and oxygen atoms in total. The van der Waals surface area contributed by atoms with E-state index >= 15 is 0 Å². The summed E-state index contributed by atoms with van der Waals surface area (Å²) in [4.78, 5) is 27.7. The zero-order valence-electron chi connectivity index (χ0n) is 8.91. The molecular formula is C10H16N2O2. The number of nitrogens with zero attached hydrogens (tertiary/aromatic N) is 2. The van der Waals surface area contributed by atoms with Gasteiger partial charge in [-0.05, 0) is 20.3 Å². The first-order valence-electron chi connectivity index (χ1n) is 4.74. The largest absolute Gasteiger partial charge is 0.235 e. The van der Waals surface area contributed by atoms with Crippen molar-refractivity contribution in [3.63, 3.8) is 0 Å². The van der Waals surface area contributed by atoms with E-state index in [4.69, 9.17) is 0 Å². The van der Waals surface area contributed by atoms with Crippen molar-refractivity contribution in [2.75, 3.05) is 0 Å². The fourth-order valence-corrected chi connectivity index (χ4v) is 1.23. The molecule has 1 atom stereocenters. The maximum Gasteiger partial charge on any atom is 0.235 e. The van der Waals surface area contributed by atoms with Gasteiger partial charge in [0.15, 0.2) is 0 Å². The molecule has 0 fully saturated rings. The number of unbranched alkanes of at least 4 members (excludes halogenated alkanes) is 1. The second-order valence-corrected chi connectivity index (χ2v) is 3.74. The summed E-state index contributed by atoms with van der Waals surface area (Å²) in [6, 6.07) is -0.276. The topological polar surface area (TPSA) is 58.9 Å². The van der Waals surface area contributed by atoms with Crippen LogP contribution in [0.15, 0.2) is 9.98 Å². The number of rotatable bonds is 6. The SMILES string of the molecule is CCCCC(N=C=O)C(C)(C)N=C=O. The van der Waals surface area contributed by atoms with Crippen LogP contribution < -0.4 is 0 Å². The first kappa shape index (κ1) is 12.8. The first-order valence-corrected chi connectivity index (χ1v) is 4.74. The number of hydrogen-bond donors (Lipinski definition) is 0. The second kappa shape index (κ2) is 6.25. The molecule has 0 rings (SSSR count). The minimum absolute atomic E-state index is 0.276. The van der Waals surface area contributed by atoms with E-state index in [1.807, 2.05) is 0 Å². The molecule has 0 aliphatic heterocycles. The molecule has 0 radical (unpaired) electrons. The zero-order chi connectivity index (χ0) is 11.0. The molecule has 0 aromatic carbocycles. The Bertz CT molecular complexity index is 261. The molecule has 0 heterocycles. The molecular weight excluding hydrogens is 180 g/mol. The van der Waals surface area contributed by atoms with Crippen LogP contribution in [0.4, 0.5) is 0 Å². The van der Waals surface area contributed by atoms with E-state index in [2.05, 4.69) is 16.9 Å². The van der Waals surface area contributed by atoms with E-state index in [9.17, 15) is 9.59 Å². The van der Waals surface area contributed by atoms with E-state index in [1.165, 1.54) is 12.2 Å². The van der Waals surface area contributed by atoms with Crippen LogP contribution in [0.3, 0.4) is 0 Å². The summed E-state index contributed by atoms with van der Waals surface area (Å²) in [5.74, 6) is 0. The summed E-state index contributed by atoms with van der Waals surface area (Å²) in [6.07, 6.45) is 5.75. The molecule has 0 saturated heterocycles. The molecule has 78 valence electrons. The van der Waals surface area contributed by atoms with E-state index < -0.39 is 5.54 Å². The van der Waals surface area contributed by atoms with Crippen molar-refractivity contribution >= 4 is 12.2 Å². The Morgan fingerprint density at radius 3 is 2.36 bits per heavy atom. The molecule has 0 aliphatic rings. The molecule has 0 spiro atoms. The monoisotopic (exact) mass is 196 g/mol. The quantitative estimate of drug-likeness (QED) is 0.482. The number of aliphatic imine (C=N–C) groups is 2. The van der Waals surface area contributed by atoms with Crippen LogP contribution in [0.1, 0.15) is 40.0 Å². The molecule has 0 amide bonds. The molecule has 0 aliphatic carbocycles. The van der Waals surface area contributed by atoms with Crippen LogP contribution in [0, 0.1) is 0 Å². The molecule has 0 aromatic heterocycles. The summed E-state index contributed by atoms with van der Waals surface area (Å²) in [7, 11) is 0. The first-order chi connectivity index (χ1) is 6.58. The molecule has 0 aromatic rings. The van der Waals surface area contributed by atoms with Crippen LogP contribution in [0.25, 0.3) is 0 Å². The third-order valence-corrected chi connectivity index (χ3v) is 2.19. The van der Waals surface area contributed by atoms with E-state index in [0.717, 1.165) is 19.3 Å². The van der Waals surface area contributed by atoms with Gasteiger partial charge in [0, 0.05) is 0 Å². The van der Waals surface area contributed by atoms with Gasteiger partial charge in [0.1, 0.15) is 0 Å². The molecule has 1 unspecified atom stereocenters. The predicted octanol–water partition coefficient (Wildman–Crippen LogP) is 2.00. The third kappa shape index (κ3) is 4.13. The van der Waals surface area contributed by atoms with Gasteiger partial charge in [-0.3, -0.25) is 0 Å². The lowest BCUT2D eigenvalue weighted by Crippen LogP contribution is -2.32. The van der Waals surface area contributed by atoms with Crippen molar-refractivity contribution in [3.8, 4) is 0 Å². The third-order valence-electron chi connectivity index (χ3n) is 2.19. The molecule has 14 heavy (non-hydrogen) atoms. The Kier molecular flexibility index (Phi) is 5.70. The van der Waals surface area contributed by atoms with Crippen LogP contribution in [-0.4, -0.2) is 23.7 Å². The predicted molar refractivity (Wildman–Crippen MR) is 53.6 cm³/mol. The zero-order valence-corrected chi connectivity index (χ0v) is 8.91. The maximum atomic E-state index is 10.2. The van der Waals surface area contributed by atoms with Gasteiger partial charge in [0.25, 0.3) is 0 Å². The number of hydrogen-bond acceptors (Lipinski definition) is 4. The average Bonchev–Trinajstić information content (AvgIpc) is 2.11. The Balaban J connectivity index is 4.61. The second-order valence-electron chi connectivity index (χ2n) is 3.74. The van der Waals surface area contributed by atoms with Gasteiger partial charge in [-0.1, -0.05) is 19.8 Å². The normalized spacial score (nSPS) is 12.5. The molecule has 0 saturated carbocycles. The van der Waals surface area contributed by atoms with E-state index in [1.54, 1.807) is 13.8 Å². The van der Waals surface area contributed by atoms with E-state index in [0.29, 0.717) is 0 Å². The van der Waals surface area contributed by atoms with Gasteiger partial charge in [0.2, 0.25) is 12.2 Å². The minimum Gasteiger partial charge on any atom is -0.211 e. The summed E-state index contributed by atoms with van der Waals surface area (Å²) < 4.78 is 0. The highest BCUT2D eigenvalue weighted by molar-refractivity contribution is 5.37. The number of isocyanates is 2. The highest BCUT2D eigenvalue weighted by Gasteiger charge is 2.28. The van der Waals surface area contributed by atoms with E-state index in [-0.39, 0.29) is 6.04 Å². The summed E-state index contributed by atoms with van der Waals surface area (Å²) in [6.45, 7) is 5.58. The van der Waals surface area contributed by atoms with Crippen molar-refractivity contribution in [1.29, 1.82) is 0 Å². The Hall–Kier alpha value is -1.24. The fraction of sp³-hybridized carbons (Fsp3) is 0.800. The molecule has 4 heteroatoms. The van der Waals surface area contributed by atoms with Gasteiger partial charge < -0.3 is 0 Å². The van der Waals surface area contributed by atoms with Gasteiger partial charge in [-0.15, -0.1) is 0 Å². The van der Waals surface area contributed by atoms with Crippen molar-refractivity contribution < 1.29 is 9.59 Å². The Morgan fingerprint density at radius 1 is 1.29 bits per heavy atom. The van der Waals surface area contributed by atoms with Crippen molar-refractivity contribution in [2.45, 2.75) is 51.6 Å². The lowest BCUT2D eigenvalue weighted by molar-refractivity contribution is 0.381. The van der Waals surface area contributed by atoms with Crippen LogP contribution in [0.2, 0.25) is 0 Å². The van der Waals surface area contributed by atoms with Crippen molar-refractivity contribution in [3.05, 3.63) is 0 Å². The summed E-state index contributed by atoms with van der Waals surface area (Å²) in [5.41, 5.74) is -0.658. The van der Waals surface area contributed by atoms with Crippen LogP contribution >= 0.6 is 0 Å². The van der Waals surface area contributed by atoms with Crippen molar-refractivity contribution in [1.82, 2.24) is 0 Å². The minimum atomic E-state index is -0.658. The smallest absolute Gasteiger partial charge is 0.211 e. The van der Waals surface area contributed by atoms with Gasteiger partial charge in [-0.25, -0.2) is 9.59 Å². The van der Waals surface area contributed by atoms with Gasteiger partial charge >= 0.3 is 0 Å². The van der Waals surface area contributed by atoms with Crippen LogP contribution in [-0.2, 0) is 9.59 Å². The van der Waals surface area contributed by atoms with Crippen molar-refractivity contribution in [2.24, 2.45) is 9.98 Å². The van der Waals surface area contributed by atoms with Gasteiger partial charge in [-0.2, -0.15) is 9.98 Å². The fourth-order valence-electron chi connectivity index (χ4n) is 1.23. The highest BCUT2D eigenvalue weighted by atomic mass is 16.1. The summed E-state index contributed by atoms with van der Waals surface area (Å²) in [5, 5.41) is 0. The maximum absolute atomic E-state index is 10.2. The highest BCUT2D eigenvalue weighted by Crippen LogP contribution is 2.21. The Morgan fingerprint density at radius 2 is 1.93 bits per heavy atom. The lowest BCUT2D eigenvalue weighted by Gasteiger charge is -2.24. The molecule has 0 bridgehead atoms. The molecule has 0 N–H and O–H groups in total. The Labute approximate surface area is 84.1 Å². The summed E-state index contributed by atoms with van der Waals surface area (Å²) >= 11 is 0. The standard InChI is InChI=1S/C10H16N2O2/c1-4-5-6-9(11-7-13)10(2,3)12-8-14/h9H,4-6H2,1-3H3. The average molecular weight is 196 g/mol.